The molecule has 0 heterocycles. The van der Waals surface area contributed by atoms with Gasteiger partial charge in [0.15, 0.2) is 0 Å². The third-order valence-corrected chi connectivity index (χ3v) is 4.51. The summed E-state index contributed by atoms with van der Waals surface area (Å²) in [6, 6.07) is 11.6. The Hall–Kier alpha value is -3.09. The summed E-state index contributed by atoms with van der Waals surface area (Å²) in [7, 11) is 3.86. The summed E-state index contributed by atoms with van der Waals surface area (Å²) in [5.74, 6) is -0.384. The highest BCUT2D eigenvalue weighted by Gasteiger charge is 2.18. The molecular weight excluding hydrogens is 383 g/mol. The largest absolute Gasteiger partial charge is 0.377 e. The molecule has 0 atom stereocenters. The predicted molar refractivity (Wildman–Crippen MR) is 119 cm³/mol. The van der Waals surface area contributed by atoms with Gasteiger partial charge >= 0.3 is 6.03 Å². The number of nitrogens with zero attached hydrogens (tertiary/aromatic N) is 2. The lowest BCUT2D eigenvalue weighted by Gasteiger charge is -2.27. The SMILES string of the molecule is CCC(=O)Nc1ccc(N(C)C)c(CN(Cc2ccc(F)cc2)C(=O)NC(C)C)c1. The van der Waals surface area contributed by atoms with Gasteiger partial charge in [-0.2, -0.15) is 0 Å². The Morgan fingerprint density at radius 2 is 1.70 bits per heavy atom. The van der Waals surface area contributed by atoms with E-state index in [1.807, 2.05) is 51.0 Å². The fourth-order valence-corrected chi connectivity index (χ4v) is 3.03. The number of hydrogen-bond acceptors (Lipinski definition) is 3. The molecule has 0 radical (unpaired) electrons. The van der Waals surface area contributed by atoms with Gasteiger partial charge in [0.25, 0.3) is 0 Å². The van der Waals surface area contributed by atoms with Gasteiger partial charge in [0.2, 0.25) is 5.91 Å². The third kappa shape index (κ3) is 6.76. The van der Waals surface area contributed by atoms with E-state index in [9.17, 15) is 14.0 Å². The van der Waals surface area contributed by atoms with E-state index in [0.717, 1.165) is 16.8 Å². The summed E-state index contributed by atoms with van der Waals surface area (Å²) in [6.45, 7) is 6.27. The van der Waals surface area contributed by atoms with Crippen LogP contribution in [0.3, 0.4) is 0 Å². The maximum absolute atomic E-state index is 13.3. The van der Waals surface area contributed by atoms with Gasteiger partial charge in [-0.25, -0.2) is 9.18 Å². The van der Waals surface area contributed by atoms with Crippen molar-refractivity contribution in [2.24, 2.45) is 0 Å². The molecule has 2 N–H and O–H groups in total. The van der Waals surface area contributed by atoms with Gasteiger partial charge in [0.1, 0.15) is 5.82 Å². The Morgan fingerprint density at radius 3 is 2.27 bits per heavy atom. The van der Waals surface area contributed by atoms with Gasteiger partial charge in [0.05, 0.1) is 0 Å². The van der Waals surface area contributed by atoms with Crippen LogP contribution in [0.25, 0.3) is 0 Å². The Bertz CT molecular complexity index is 866. The van der Waals surface area contributed by atoms with Crippen LogP contribution in [0.5, 0.6) is 0 Å². The summed E-state index contributed by atoms with van der Waals surface area (Å²) in [5, 5.41) is 5.80. The molecule has 2 rings (SSSR count). The smallest absolute Gasteiger partial charge is 0.318 e. The molecule has 0 aromatic heterocycles. The fraction of sp³-hybridized carbons (Fsp3) is 0.391. The highest BCUT2D eigenvalue weighted by atomic mass is 19.1. The molecule has 0 fully saturated rings. The van der Waals surface area contributed by atoms with Crippen molar-refractivity contribution in [3.8, 4) is 0 Å². The third-order valence-electron chi connectivity index (χ3n) is 4.51. The van der Waals surface area contributed by atoms with Crippen molar-refractivity contribution in [1.82, 2.24) is 10.2 Å². The summed E-state index contributed by atoms with van der Waals surface area (Å²) in [5.41, 5.74) is 3.37. The fourth-order valence-electron chi connectivity index (χ4n) is 3.03. The number of anilines is 2. The Kier molecular flexibility index (Phi) is 8.21. The minimum atomic E-state index is -0.314. The topological polar surface area (TPSA) is 64.7 Å². The number of amides is 3. The predicted octanol–water partition coefficient (Wildman–Crippen LogP) is 4.36. The number of urea groups is 1. The second-order valence-electron chi connectivity index (χ2n) is 7.73. The van der Waals surface area contributed by atoms with E-state index in [1.165, 1.54) is 12.1 Å². The van der Waals surface area contributed by atoms with Crippen molar-refractivity contribution >= 4 is 23.3 Å². The van der Waals surface area contributed by atoms with Gasteiger partial charge in [-0.05, 0) is 55.3 Å². The number of benzene rings is 2. The molecule has 0 bridgehead atoms. The van der Waals surface area contributed by atoms with E-state index in [0.29, 0.717) is 25.2 Å². The van der Waals surface area contributed by atoms with Crippen LogP contribution >= 0.6 is 0 Å². The molecule has 2 aromatic rings. The minimum absolute atomic E-state index is 0.0169. The lowest BCUT2D eigenvalue weighted by molar-refractivity contribution is -0.115. The molecule has 162 valence electrons. The summed E-state index contributed by atoms with van der Waals surface area (Å²) in [4.78, 5) is 28.3. The maximum Gasteiger partial charge on any atom is 0.318 e. The molecule has 0 aliphatic heterocycles. The van der Waals surface area contributed by atoms with Crippen LogP contribution in [-0.2, 0) is 17.9 Å². The number of hydrogen-bond donors (Lipinski definition) is 2. The lowest BCUT2D eigenvalue weighted by atomic mass is 10.1. The molecule has 0 saturated carbocycles. The second-order valence-corrected chi connectivity index (χ2v) is 7.73. The van der Waals surface area contributed by atoms with Gasteiger partial charge in [-0.3, -0.25) is 4.79 Å². The van der Waals surface area contributed by atoms with Gasteiger partial charge in [-0.15, -0.1) is 0 Å². The van der Waals surface area contributed by atoms with Crippen LogP contribution in [0.4, 0.5) is 20.6 Å². The van der Waals surface area contributed by atoms with Gasteiger partial charge in [0, 0.05) is 51.0 Å². The minimum Gasteiger partial charge on any atom is -0.377 e. The number of halogens is 1. The molecule has 30 heavy (non-hydrogen) atoms. The Balaban J connectivity index is 2.35. The highest BCUT2D eigenvalue weighted by Crippen LogP contribution is 2.25. The first kappa shape index (κ1) is 23.2. The summed E-state index contributed by atoms with van der Waals surface area (Å²) in [6.07, 6.45) is 0.387. The van der Waals surface area contributed by atoms with Crippen molar-refractivity contribution in [2.45, 2.75) is 46.3 Å². The monoisotopic (exact) mass is 414 g/mol. The zero-order valence-corrected chi connectivity index (χ0v) is 18.3. The molecule has 0 aliphatic carbocycles. The van der Waals surface area contributed by atoms with Crippen LogP contribution in [0.2, 0.25) is 0 Å². The first-order chi connectivity index (χ1) is 14.2. The summed E-state index contributed by atoms with van der Waals surface area (Å²) >= 11 is 0. The number of carbonyl (C=O) groups is 2. The maximum atomic E-state index is 13.3. The van der Waals surface area contributed by atoms with Crippen molar-refractivity contribution in [3.63, 3.8) is 0 Å². The van der Waals surface area contributed by atoms with E-state index in [-0.39, 0.29) is 23.8 Å². The zero-order valence-electron chi connectivity index (χ0n) is 18.3. The first-order valence-corrected chi connectivity index (χ1v) is 10.1. The van der Waals surface area contributed by atoms with Crippen LogP contribution in [0, 0.1) is 5.82 Å². The zero-order chi connectivity index (χ0) is 22.3. The van der Waals surface area contributed by atoms with Gasteiger partial charge in [-0.1, -0.05) is 19.1 Å². The molecule has 3 amide bonds. The quantitative estimate of drug-likeness (QED) is 0.675. The molecule has 0 aliphatic rings. The standard InChI is InChI=1S/C23H31FN4O2/c1-6-22(29)26-20-11-12-21(27(4)5)18(13-20)15-28(23(30)25-16(2)3)14-17-7-9-19(24)10-8-17/h7-13,16H,6,14-15H2,1-5H3,(H,25,30)(H,26,29). The summed E-state index contributed by atoms with van der Waals surface area (Å²) < 4.78 is 13.3. The second kappa shape index (κ2) is 10.6. The van der Waals surface area contributed by atoms with Crippen molar-refractivity contribution < 1.29 is 14.0 Å². The van der Waals surface area contributed by atoms with Crippen molar-refractivity contribution in [3.05, 3.63) is 59.4 Å². The van der Waals surface area contributed by atoms with Crippen molar-refractivity contribution in [1.29, 1.82) is 0 Å². The lowest BCUT2D eigenvalue weighted by Crippen LogP contribution is -2.42. The van der Waals surface area contributed by atoms with Crippen LogP contribution in [0.15, 0.2) is 42.5 Å². The average molecular weight is 415 g/mol. The normalized spacial score (nSPS) is 10.6. The van der Waals surface area contributed by atoms with E-state index in [1.54, 1.807) is 24.0 Å². The van der Waals surface area contributed by atoms with E-state index in [4.69, 9.17) is 0 Å². The molecule has 0 spiro atoms. The molecule has 7 heteroatoms. The molecule has 0 unspecified atom stereocenters. The van der Waals surface area contributed by atoms with E-state index in [2.05, 4.69) is 10.6 Å². The first-order valence-electron chi connectivity index (χ1n) is 10.1. The Labute approximate surface area is 178 Å². The van der Waals surface area contributed by atoms with E-state index < -0.39 is 0 Å². The van der Waals surface area contributed by atoms with Crippen LogP contribution < -0.4 is 15.5 Å². The van der Waals surface area contributed by atoms with Crippen LogP contribution in [0.1, 0.15) is 38.3 Å². The molecule has 2 aromatic carbocycles. The molecular formula is C23H31FN4O2. The van der Waals surface area contributed by atoms with Crippen LogP contribution in [-0.4, -0.2) is 37.0 Å². The molecule has 0 saturated heterocycles. The molecule has 6 nitrogen and oxygen atoms in total. The van der Waals surface area contributed by atoms with E-state index >= 15 is 0 Å². The Morgan fingerprint density at radius 1 is 1.03 bits per heavy atom. The van der Waals surface area contributed by atoms with Crippen molar-refractivity contribution in [2.75, 3.05) is 24.3 Å². The number of nitrogens with one attached hydrogen (secondary N) is 2. The number of carbonyl (C=O) groups excluding carboxylic acids is 2. The average Bonchev–Trinajstić information content (AvgIpc) is 2.68. The van der Waals surface area contributed by atoms with Gasteiger partial charge < -0.3 is 20.4 Å². The highest BCUT2D eigenvalue weighted by molar-refractivity contribution is 5.91. The number of rotatable bonds is 8.